The molecule has 5 heteroatoms. The average Bonchev–Trinajstić information content (AvgIpc) is 2.83. The highest BCUT2D eigenvalue weighted by molar-refractivity contribution is 6.17. The van der Waals surface area contributed by atoms with Crippen LogP contribution in [-0.4, -0.2) is 36.2 Å². The molecule has 2 heterocycles. The van der Waals surface area contributed by atoms with Crippen molar-refractivity contribution in [2.75, 3.05) is 13.2 Å². The zero-order valence-electron chi connectivity index (χ0n) is 15.8. The van der Waals surface area contributed by atoms with Crippen molar-refractivity contribution >= 4 is 11.7 Å². The third-order valence-electron chi connectivity index (χ3n) is 6.16. The van der Waals surface area contributed by atoms with Gasteiger partial charge in [0, 0.05) is 12.8 Å². The van der Waals surface area contributed by atoms with Gasteiger partial charge < -0.3 is 14.8 Å². The van der Waals surface area contributed by atoms with Gasteiger partial charge in [-0.1, -0.05) is 24.1 Å². The SMILES string of the molecule is Cc1cc(C)c(C2C(=O)NC3(COC4(CCCCC4)OC3)C2=O)c(C)c1. The predicted octanol–water partition coefficient (Wildman–Crippen LogP) is 2.84. The van der Waals surface area contributed by atoms with Crippen LogP contribution < -0.4 is 5.32 Å². The Hall–Kier alpha value is -1.72. The third kappa shape index (κ3) is 2.69. The Morgan fingerprint density at radius 3 is 2.12 bits per heavy atom. The minimum atomic E-state index is -1.05. The van der Waals surface area contributed by atoms with Crippen molar-refractivity contribution in [3.63, 3.8) is 0 Å². The largest absolute Gasteiger partial charge is 0.347 e. The van der Waals surface area contributed by atoms with E-state index in [1.54, 1.807) is 0 Å². The van der Waals surface area contributed by atoms with Crippen molar-refractivity contribution in [3.8, 4) is 0 Å². The summed E-state index contributed by atoms with van der Waals surface area (Å²) in [6, 6.07) is 4.05. The van der Waals surface area contributed by atoms with Crippen LogP contribution in [0.1, 0.15) is 60.3 Å². The molecular weight excluding hydrogens is 330 g/mol. The van der Waals surface area contributed by atoms with Crippen LogP contribution in [-0.2, 0) is 19.1 Å². The predicted molar refractivity (Wildman–Crippen MR) is 97.0 cm³/mol. The van der Waals surface area contributed by atoms with E-state index in [0.717, 1.165) is 47.9 Å². The second kappa shape index (κ2) is 6.17. The number of rotatable bonds is 1. The van der Waals surface area contributed by atoms with E-state index < -0.39 is 17.2 Å². The summed E-state index contributed by atoms with van der Waals surface area (Å²) in [6.07, 6.45) is 5.09. The van der Waals surface area contributed by atoms with Gasteiger partial charge in [-0.2, -0.15) is 0 Å². The quantitative estimate of drug-likeness (QED) is 0.785. The highest BCUT2D eigenvalue weighted by Gasteiger charge is 2.58. The number of carbonyl (C=O) groups excluding carboxylic acids is 2. The first-order valence-corrected chi connectivity index (χ1v) is 9.58. The van der Waals surface area contributed by atoms with Crippen molar-refractivity contribution in [1.82, 2.24) is 5.32 Å². The molecule has 3 fully saturated rings. The fourth-order valence-electron chi connectivity index (χ4n) is 4.86. The first-order valence-electron chi connectivity index (χ1n) is 9.58. The third-order valence-corrected chi connectivity index (χ3v) is 6.16. The van der Waals surface area contributed by atoms with Crippen molar-refractivity contribution in [2.24, 2.45) is 0 Å². The molecule has 1 saturated carbocycles. The Labute approximate surface area is 154 Å². The highest BCUT2D eigenvalue weighted by atomic mass is 16.7. The summed E-state index contributed by atoms with van der Waals surface area (Å²) < 4.78 is 12.1. The number of aryl methyl sites for hydroxylation is 3. The molecule has 5 nitrogen and oxygen atoms in total. The van der Waals surface area contributed by atoms with Crippen LogP contribution in [0.2, 0.25) is 0 Å². The summed E-state index contributed by atoms with van der Waals surface area (Å²) in [5.74, 6) is -1.69. The fourth-order valence-corrected chi connectivity index (χ4v) is 4.86. The smallest absolute Gasteiger partial charge is 0.236 e. The molecule has 3 aliphatic rings. The van der Waals surface area contributed by atoms with E-state index in [1.165, 1.54) is 6.42 Å². The fraction of sp³-hybridized carbons (Fsp3) is 0.619. The molecular formula is C21H27NO4. The first-order chi connectivity index (χ1) is 12.4. The van der Waals surface area contributed by atoms with Gasteiger partial charge in [0.1, 0.15) is 11.5 Å². The van der Waals surface area contributed by atoms with E-state index in [1.807, 2.05) is 32.9 Å². The molecule has 1 aliphatic carbocycles. The number of hydrogen-bond donors (Lipinski definition) is 1. The van der Waals surface area contributed by atoms with Gasteiger partial charge in [-0.05, 0) is 50.3 Å². The maximum absolute atomic E-state index is 13.3. The maximum atomic E-state index is 13.3. The van der Waals surface area contributed by atoms with E-state index in [2.05, 4.69) is 5.32 Å². The van der Waals surface area contributed by atoms with Gasteiger partial charge in [0.2, 0.25) is 5.91 Å². The zero-order chi connectivity index (χ0) is 18.5. The summed E-state index contributed by atoms with van der Waals surface area (Å²) in [4.78, 5) is 26.1. The van der Waals surface area contributed by atoms with Gasteiger partial charge in [0.25, 0.3) is 0 Å². The molecule has 140 valence electrons. The lowest BCUT2D eigenvalue weighted by Gasteiger charge is -2.45. The van der Waals surface area contributed by atoms with Crippen LogP contribution in [0.15, 0.2) is 12.1 Å². The van der Waals surface area contributed by atoms with Crippen molar-refractivity contribution < 1.29 is 19.1 Å². The molecule has 2 saturated heterocycles. The van der Waals surface area contributed by atoms with Gasteiger partial charge in [0.15, 0.2) is 11.6 Å². The van der Waals surface area contributed by atoms with E-state index >= 15 is 0 Å². The van der Waals surface area contributed by atoms with Gasteiger partial charge in [-0.15, -0.1) is 0 Å². The number of ketones is 1. The number of hydrogen-bond acceptors (Lipinski definition) is 4. The van der Waals surface area contributed by atoms with Gasteiger partial charge in [0.05, 0.1) is 13.2 Å². The minimum Gasteiger partial charge on any atom is -0.347 e. The van der Waals surface area contributed by atoms with Crippen molar-refractivity contribution in [2.45, 2.75) is 70.1 Å². The number of benzene rings is 1. The highest BCUT2D eigenvalue weighted by Crippen LogP contribution is 2.41. The van der Waals surface area contributed by atoms with Gasteiger partial charge >= 0.3 is 0 Å². The Bertz CT molecular complexity index is 730. The topological polar surface area (TPSA) is 64.6 Å². The average molecular weight is 357 g/mol. The number of ether oxygens (including phenoxy) is 2. The zero-order valence-corrected chi connectivity index (χ0v) is 15.8. The number of nitrogens with one attached hydrogen (secondary N) is 1. The summed E-state index contributed by atoms with van der Waals surface area (Å²) in [5.41, 5.74) is 2.87. The molecule has 0 radical (unpaired) electrons. The molecule has 4 rings (SSSR count). The molecule has 2 spiro atoms. The maximum Gasteiger partial charge on any atom is 0.236 e. The molecule has 1 amide bonds. The summed E-state index contributed by atoms with van der Waals surface area (Å²) in [6.45, 7) is 6.36. The first kappa shape index (κ1) is 17.7. The lowest BCUT2D eigenvalue weighted by atomic mass is 9.82. The summed E-state index contributed by atoms with van der Waals surface area (Å²) in [5, 5.41) is 2.92. The van der Waals surface area contributed by atoms with Gasteiger partial charge in [-0.3, -0.25) is 9.59 Å². The van der Waals surface area contributed by atoms with Crippen LogP contribution in [0, 0.1) is 20.8 Å². The van der Waals surface area contributed by atoms with Crippen LogP contribution in [0.3, 0.4) is 0 Å². The Balaban J connectivity index is 1.61. The second-order valence-electron chi connectivity index (χ2n) is 8.23. The van der Waals surface area contributed by atoms with Crippen LogP contribution in [0.5, 0.6) is 0 Å². The van der Waals surface area contributed by atoms with Crippen LogP contribution in [0.4, 0.5) is 0 Å². The van der Waals surface area contributed by atoms with E-state index in [4.69, 9.17) is 9.47 Å². The second-order valence-corrected chi connectivity index (χ2v) is 8.23. The lowest BCUT2D eigenvalue weighted by molar-refractivity contribution is -0.296. The number of carbonyl (C=O) groups is 2. The van der Waals surface area contributed by atoms with Crippen molar-refractivity contribution in [1.29, 1.82) is 0 Å². The molecule has 1 unspecified atom stereocenters. The standard InChI is InChI=1S/C21H27NO4/c1-13-9-14(2)16(15(3)10-13)17-18(23)20(22-19(17)24)11-25-21(26-12-20)7-5-4-6-8-21/h9-10,17H,4-8,11-12H2,1-3H3,(H,22,24). The van der Waals surface area contributed by atoms with E-state index in [0.29, 0.717) is 0 Å². The molecule has 1 aromatic rings. The monoisotopic (exact) mass is 357 g/mol. The summed E-state index contributed by atoms with van der Waals surface area (Å²) in [7, 11) is 0. The Morgan fingerprint density at radius 1 is 0.962 bits per heavy atom. The van der Waals surface area contributed by atoms with Gasteiger partial charge in [-0.25, -0.2) is 0 Å². The molecule has 0 aromatic heterocycles. The van der Waals surface area contributed by atoms with E-state index in [9.17, 15) is 9.59 Å². The van der Waals surface area contributed by atoms with Crippen LogP contribution in [0.25, 0.3) is 0 Å². The number of Topliss-reactive ketones (excluding diaryl/α,β-unsaturated/α-hetero) is 1. The molecule has 1 aromatic carbocycles. The van der Waals surface area contributed by atoms with Crippen LogP contribution >= 0.6 is 0 Å². The normalized spacial score (nSPS) is 27.1. The molecule has 2 aliphatic heterocycles. The van der Waals surface area contributed by atoms with E-state index in [-0.39, 0.29) is 24.9 Å². The molecule has 26 heavy (non-hydrogen) atoms. The Morgan fingerprint density at radius 2 is 1.54 bits per heavy atom. The Kier molecular flexibility index (Phi) is 4.20. The molecule has 1 atom stereocenters. The molecule has 1 N–H and O–H groups in total. The van der Waals surface area contributed by atoms with Crippen molar-refractivity contribution in [3.05, 3.63) is 34.4 Å². The minimum absolute atomic E-state index is 0.122. The lowest BCUT2D eigenvalue weighted by Crippen LogP contribution is -2.62. The summed E-state index contributed by atoms with van der Waals surface area (Å²) >= 11 is 0. The number of amides is 1. The molecule has 0 bridgehead atoms.